The number of morpholine rings is 1. The van der Waals surface area contributed by atoms with Gasteiger partial charge in [0.1, 0.15) is 23.0 Å². The average Bonchev–Trinajstić information content (AvgIpc) is 3.12. The van der Waals surface area contributed by atoms with Crippen molar-refractivity contribution < 1.29 is 14.2 Å². The summed E-state index contributed by atoms with van der Waals surface area (Å²) >= 11 is 0. The van der Waals surface area contributed by atoms with Crippen LogP contribution < -0.4 is 19.3 Å². The van der Waals surface area contributed by atoms with Crippen LogP contribution in [0.2, 0.25) is 0 Å². The monoisotopic (exact) mass is 436 g/mol. The Bertz CT molecular complexity index is 1120. The summed E-state index contributed by atoms with van der Waals surface area (Å²) in [5.41, 5.74) is 4.02. The van der Waals surface area contributed by atoms with E-state index in [9.17, 15) is 0 Å². The minimum absolute atomic E-state index is 0.637. The molecule has 0 atom stereocenters. The zero-order chi connectivity index (χ0) is 22.2. The minimum atomic E-state index is 0.637. The van der Waals surface area contributed by atoms with Gasteiger partial charge in [0, 0.05) is 31.4 Å². The Balaban J connectivity index is 1.57. The summed E-state index contributed by atoms with van der Waals surface area (Å²) in [6.07, 6.45) is 1.85. The molecule has 0 radical (unpaired) electrons. The van der Waals surface area contributed by atoms with Gasteiger partial charge in [-0.15, -0.1) is 0 Å². The van der Waals surface area contributed by atoms with Crippen LogP contribution in [0.25, 0.3) is 11.5 Å². The van der Waals surface area contributed by atoms with Gasteiger partial charge in [-0.25, -0.2) is 15.0 Å². The van der Waals surface area contributed by atoms with E-state index >= 15 is 0 Å². The lowest BCUT2D eigenvalue weighted by molar-refractivity contribution is 0.122. The van der Waals surface area contributed by atoms with Crippen LogP contribution in [0.1, 0.15) is 17.0 Å². The molecule has 2 aromatic heterocycles. The molecule has 0 aliphatic carbocycles. The molecule has 32 heavy (non-hydrogen) atoms. The number of rotatable bonds is 5. The van der Waals surface area contributed by atoms with Gasteiger partial charge in [0.05, 0.1) is 46.0 Å². The van der Waals surface area contributed by atoms with E-state index in [2.05, 4.69) is 21.3 Å². The molecule has 9 heteroatoms. The molecule has 5 rings (SSSR count). The van der Waals surface area contributed by atoms with Crippen LogP contribution in [0, 0.1) is 13.8 Å². The molecule has 0 unspecified atom stereocenters. The van der Waals surface area contributed by atoms with Crippen molar-refractivity contribution in [2.75, 3.05) is 50.3 Å². The lowest BCUT2D eigenvalue weighted by Crippen LogP contribution is -2.38. The average molecular weight is 437 g/mol. The molecule has 168 valence electrons. The molecule has 1 saturated heterocycles. The first-order valence-corrected chi connectivity index (χ1v) is 10.8. The van der Waals surface area contributed by atoms with Crippen LogP contribution in [0.15, 0.2) is 24.4 Å². The predicted molar refractivity (Wildman–Crippen MR) is 121 cm³/mol. The number of ether oxygens (including phenoxy) is 3. The van der Waals surface area contributed by atoms with E-state index < -0.39 is 0 Å². The van der Waals surface area contributed by atoms with Gasteiger partial charge in [0.25, 0.3) is 0 Å². The second-order valence-electron chi connectivity index (χ2n) is 8.09. The lowest BCUT2D eigenvalue weighted by Gasteiger charge is -2.33. The van der Waals surface area contributed by atoms with Gasteiger partial charge in [-0.3, -0.25) is 0 Å². The van der Waals surface area contributed by atoms with E-state index in [1.807, 2.05) is 31.3 Å². The van der Waals surface area contributed by atoms with Gasteiger partial charge in [0.15, 0.2) is 11.6 Å². The zero-order valence-electron chi connectivity index (χ0n) is 19.0. The number of benzene rings is 1. The van der Waals surface area contributed by atoms with Crippen molar-refractivity contribution in [3.05, 3.63) is 41.3 Å². The molecular formula is C23H28N6O3. The number of anilines is 2. The van der Waals surface area contributed by atoms with Gasteiger partial charge < -0.3 is 28.6 Å². The van der Waals surface area contributed by atoms with Crippen molar-refractivity contribution in [1.29, 1.82) is 0 Å². The zero-order valence-corrected chi connectivity index (χ0v) is 19.0. The summed E-state index contributed by atoms with van der Waals surface area (Å²) < 4.78 is 18.7. The molecule has 0 spiro atoms. The maximum atomic E-state index is 5.50. The second kappa shape index (κ2) is 8.31. The Morgan fingerprint density at radius 3 is 2.41 bits per heavy atom. The Labute approximate surface area is 187 Å². The highest BCUT2D eigenvalue weighted by molar-refractivity contribution is 5.72. The smallest absolute Gasteiger partial charge is 0.164 e. The minimum Gasteiger partial charge on any atom is -0.497 e. The molecule has 1 aromatic carbocycles. The fourth-order valence-electron chi connectivity index (χ4n) is 4.24. The van der Waals surface area contributed by atoms with Gasteiger partial charge in [-0.1, -0.05) is 0 Å². The highest BCUT2D eigenvalue weighted by Gasteiger charge is 2.29. The number of aromatic nitrogens is 4. The maximum absolute atomic E-state index is 5.50. The lowest BCUT2D eigenvalue weighted by atomic mass is 10.1. The van der Waals surface area contributed by atoms with Gasteiger partial charge >= 0.3 is 0 Å². The van der Waals surface area contributed by atoms with E-state index in [4.69, 9.17) is 29.2 Å². The Hall–Kier alpha value is -3.33. The van der Waals surface area contributed by atoms with Crippen LogP contribution in [0.4, 0.5) is 11.6 Å². The van der Waals surface area contributed by atoms with E-state index in [1.54, 1.807) is 14.2 Å². The highest BCUT2D eigenvalue weighted by atomic mass is 16.5. The second-order valence-corrected chi connectivity index (χ2v) is 8.09. The van der Waals surface area contributed by atoms with Crippen molar-refractivity contribution in [1.82, 2.24) is 19.5 Å². The van der Waals surface area contributed by atoms with E-state index in [0.717, 1.165) is 64.7 Å². The maximum Gasteiger partial charge on any atom is 0.164 e. The fourth-order valence-corrected chi connectivity index (χ4v) is 4.24. The van der Waals surface area contributed by atoms with Crippen LogP contribution in [-0.2, 0) is 18.0 Å². The standard InChI is InChI=1S/C23H28N6O3/c1-15-16(2)29-14-28(13-17-9-18(30-3)11-19(10-17)31-4)22-21(23(29)25-15)24-12-20(26-22)27-5-7-32-8-6-27/h9-12H,5-8,13-14H2,1-4H3. The molecule has 1 fully saturated rings. The van der Waals surface area contributed by atoms with Crippen LogP contribution >= 0.6 is 0 Å². The summed E-state index contributed by atoms with van der Waals surface area (Å²) in [7, 11) is 3.33. The molecule has 4 heterocycles. The van der Waals surface area contributed by atoms with E-state index in [1.165, 1.54) is 0 Å². The largest absolute Gasteiger partial charge is 0.497 e. The molecule has 9 nitrogen and oxygen atoms in total. The number of hydrogen-bond donors (Lipinski definition) is 0. The van der Waals surface area contributed by atoms with Gasteiger partial charge in [0.2, 0.25) is 0 Å². The normalized spacial score (nSPS) is 15.4. The first-order chi connectivity index (χ1) is 15.6. The molecule has 3 aromatic rings. The Kier molecular flexibility index (Phi) is 5.34. The van der Waals surface area contributed by atoms with E-state index in [0.29, 0.717) is 26.4 Å². The van der Waals surface area contributed by atoms with Crippen LogP contribution in [0.3, 0.4) is 0 Å². The number of imidazole rings is 1. The fraction of sp³-hybridized carbons (Fsp3) is 0.435. The number of fused-ring (bicyclic) bond motifs is 3. The van der Waals surface area contributed by atoms with Crippen molar-refractivity contribution in [2.24, 2.45) is 0 Å². The van der Waals surface area contributed by atoms with Crippen molar-refractivity contribution in [3.8, 4) is 23.0 Å². The molecule has 2 aliphatic heterocycles. The molecule has 0 N–H and O–H groups in total. The third-order valence-electron chi connectivity index (χ3n) is 6.14. The summed E-state index contributed by atoms with van der Waals surface area (Å²) in [4.78, 5) is 19.1. The summed E-state index contributed by atoms with van der Waals surface area (Å²) in [6, 6.07) is 5.94. The topological polar surface area (TPSA) is 77.8 Å². The molecule has 0 saturated carbocycles. The predicted octanol–water partition coefficient (Wildman–Crippen LogP) is 2.79. The summed E-state index contributed by atoms with van der Waals surface area (Å²) in [6.45, 7) is 8.45. The summed E-state index contributed by atoms with van der Waals surface area (Å²) in [5.74, 6) is 4.11. The Morgan fingerprint density at radius 1 is 1.00 bits per heavy atom. The third kappa shape index (κ3) is 3.62. The first-order valence-electron chi connectivity index (χ1n) is 10.8. The highest BCUT2D eigenvalue weighted by Crippen LogP contribution is 2.36. The molecule has 0 amide bonds. The number of methoxy groups -OCH3 is 2. The van der Waals surface area contributed by atoms with Crippen LogP contribution in [0.5, 0.6) is 11.5 Å². The van der Waals surface area contributed by atoms with Crippen molar-refractivity contribution in [3.63, 3.8) is 0 Å². The quantitative estimate of drug-likeness (QED) is 0.604. The molecule has 2 aliphatic rings. The van der Waals surface area contributed by atoms with Gasteiger partial charge in [-0.2, -0.15) is 0 Å². The van der Waals surface area contributed by atoms with Crippen LogP contribution in [-0.4, -0.2) is 60.0 Å². The number of nitrogens with zero attached hydrogens (tertiary/aromatic N) is 6. The van der Waals surface area contributed by atoms with Crippen molar-refractivity contribution in [2.45, 2.75) is 27.1 Å². The van der Waals surface area contributed by atoms with Crippen molar-refractivity contribution >= 4 is 11.6 Å². The molecular weight excluding hydrogens is 408 g/mol. The van der Waals surface area contributed by atoms with Gasteiger partial charge in [-0.05, 0) is 31.5 Å². The molecule has 0 bridgehead atoms. The van der Waals surface area contributed by atoms with E-state index in [-0.39, 0.29) is 0 Å². The first kappa shape index (κ1) is 20.6. The summed E-state index contributed by atoms with van der Waals surface area (Å²) in [5, 5.41) is 0. The Morgan fingerprint density at radius 2 is 1.72 bits per heavy atom. The SMILES string of the molecule is COc1cc(CN2Cn3c(nc(C)c3C)-c3ncc(N4CCOCC4)nc32)cc(OC)c1. The number of hydrogen-bond acceptors (Lipinski definition) is 8. The number of aryl methyl sites for hydroxylation is 1. The third-order valence-corrected chi connectivity index (χ3v) is 6.14.